The highest BCUT2D eigenvalue weighted by Crippen LogP contribution is 2.22. The Hall–Kier alpha value is -1.53. The molecular weight excluding hydrogens is 266 g/mol. The van der Waals surface area contributed by atoms with Crippen molar-refractivity contribution in [2.45, 2.75) is 24.9 Å². The van der Waals surface area contributed by atoms with Crippen LogP contribution in [0.15, 0.2) is 18.2 Å². The summed E-state index contributed by atoms with van der Waals surface area (Å²) in [6.45, 7) is 1.61. The number of likely N-dealkylation sites (tertiary alicyclic amines) is 1. The number of piperidine rings is 1. The Kier molecular flexibility index (Phi) is 4.35. The van der Waals surface area contributed by atoms with Gasteiger partial charge in [0.15, 0.2) is 0 Å². The molecule has 0 bridgehead atoms. The first kappa shape index (κ1) is 14.9. The molecular formula is C14H18F2N2O2. The van der Waals surface area contributed by atoms with Gasteiger partial charge >= 0.3 is 5.97 Å². The van der Waals surface area contributed by atoms with Crippen molar-refractivity contribution in [3.05, 3.63) is 35.4 Å². The van der Waals surface area contributed by atoms with E-state index in [1.807, 2.05) is 4.90 Å². The van der Waals surface area contributed by atoms with Gasteiger partial charge in [-0.1, -0.05) is 0 Å². The van der Waals surface area contributed by atoms with E-state index in [4.69, 9.17) is 10.5 Å². The molecule has 1 aromatic carbocycles. The van der Waals surface area contributed by atoms with E-state index < -0.39 is 23.1 Å². The van der Waals surface area contributed by atoms with Gasteiger partial charge in [-0.25, -0.2) is 8.78 Å². The van der Waals surface area contributed by atoms with Crippen LogP contribution in [0, 0.1) is 11.6 Å². The van der Waals surface area contributed by atoms with Crippen LogP contribution in [0.25, 0.3) is 0 Å². The minimum Gasteiger partial charge on any atom is -0.468 e. The summed E-state index contributed by atoms with van der Waals surface area (Å²) in [5.41, 5.74) is 5.62. The van der Waals surface area contributed by atoms with Crippen LogP contribution < -0.4 is 5.73 Å². The highest BCUT2D eigenvalue weighted by molar-refractivity contribution is 5.80. The zero-order valence-electron chi connectivity index (χ0n) is 11.4. The third kappa shape index (κ3) is 3.32. The second kappa shape index (κ2) is 5.85. The molecule has 1 aromatic rings. The van der Waals surface area contributed by atoms with Gasteiger partial charge in [-0.3, -0.25) is 9.69 Å². The molecule has 1 aliphatic rings. The summed E-state index contributed by atoms with van der Waals surface area (Å²) in [7, 11) is 1.32. The summed E-state index contributed by atoms with van der Waals surface area (Å²) >= 11 is 0. The number of ether oxygens (including phenoxy) is 1. The van der Waals surface area contributed by atoms with Crippen molar-refractivity contribution in [2.24, 2.45) is 5.73 Å². The molecule has 4 nitrogen and oxygen atoms in total. The van der Waals surface area contributed by atoms with Crippen LogP contribution in [-0.2, 0) is 16.1 Å². The molecule has 0 radical (unpaired) electrons. The zero-order valence-corrected chi connectivity index (χ0v) is 11.4. The number of halogens is 2. The molecule has 0 aliphatic carbocycles. The predicted octanol–water partition coefficient (Wildman–Crippen LogP) is 1.43. The van der Waals surface area contributed by atoms with Crippen molar-refractivity contribution in [3.63, 3.8) is 0 Å². The molecule has 1 fully saturated rings. The van der Waals surface area contributed by atoms with Crippen molar-refractivity contribution in [2.75, 3.05) is 20.2 Å². The molecule has 2 rings (SSSR count). The summed E-state index contributed by atoms with van der Waals surface area (Å²) in [5.74, 6) is -1.58. The van der Waals surface area contributed by atoms with Crippen molar-refractivity contribution in [1.29, 1.82) is 0 Å². The van der Waals surface area contributed by atoms with Gasteiger partial charge < -0.3 is 10.5 Å². The Balaban J connectivity index is 1.96. The standard InChI is InChI=1S/C14H18F2N2O2/c1-20-13(19)14(17)2-4-18(5-3-14)9-10-6-11(15)8-12(16)7-10/h6-8H,2-5,9,17H2,1H3. The third-order valence-corrected chi connectivity index (χ3v) is 3.67. The largest absolute Gasteiger partial charge is 0.468 e. The lowest BCUT2D eigenvalue weighted by molar-refractivity contribution is -0.149. The minimum atomic E-state index is -0.946. The van der Waals surface area contributed by atoms with Gasteiger partial charge in [-0.05, 0) is 30.5 Å². The monoisotopic (exact) mass is 284 g/mol. The van der Waals surface area contributed by atoms with Gasteiger partial charge in [-0.2, -0.15) is 0 Å². The number of nitrogens with two attached hydrogens (primary N) is 1. The lowest BCUT2D eigenvalue weighted by Gasteiger charge is -2.37. The molecule has 0 saturated carbocycles. The van der Waals surface area contributed by atoms with Crippen molar-refractivity contribution < 1.29 is 18.3 Å². The van der Waals surface area contributed by atoms with E-state index in [9.17, 15) is 13.6 Å². The molecule has 1 aliphatic heterocycles. The van der Waals surface area contributed by atoms with E-state index in [0.717, 1.165) is 6.07 Å². The van der Waals surface area contributed by atoms with E-state index in [1.165, 1.54) is 19.2 Å². The van der Waals surface area contributed by atoms with Crippen LogP contribution >= 0.6 is 0 Å². The van der Waals surface area contributed by atoms with Crippen LogP contribution in [0.1, 0.15) is 18.4 Å². The molecule has 1 saturated heterocycles. The number of carbonyl (C=O) groups is 1. The van der Waals surface area contributed by atoms with Crippen LogP contribution in [0.4, 0.5) is 8.78 Å². The average molecular weight is 284 g/mol. The van der Waals surface area contributed by atoms with Gasteiger partial charge in [0.05, 0.1) is 7.11 Å². The van der Waals surface area contributed by atoms with E-state index >= 15 is 0 Å². The number of carbonyl (C=O) groups excluding carboxylic acids is 1. The molecule has 0 atom stereocenters. The van der Waals surface area contributed by atoms with Crippen LogP contribution in [0.3, 0.4) is 0 Å². The normalized spacial score (nSPS) is 18.8. The number of hydrogen-bond acceptors (Lipinski definition) is 4. The SMILES string of the molecule is COC(=O)C1(N)CCN(Cc2cc(F)cc(F)c2)CC1. The highest BCUT2D eigenvalue weighted by Gasteiger charge is 2.38. The smallest absolute Gasteiger partial charge is 0.325 e. The number of methoxy groups -OCH3 is 1. The zero-order chi connectivity index (χ0) is 14.8. The maximum absolute atomic E-state index is 13.1. The van der Waals surface area contributed by atoms with Gasteiger partial charge in [0.2, 0.25) is 0 Å². The van der Waals surface area contributed by atoms with Crippen molar-refractivity contribution in [1.82, 2.24) is 4.90 Å². The molecule has 0 aromatic heterocycles. The summed E-state index contributed by atoms with van der Waals surface area (Å²) < 4.78 is 30.9. The highest BCUT2D eigenvalue weighted by atomic mass is 19.1. The summed E-state index contributed by atoms with van der Waals surface area (Å²) in [5, 5.41) is 0. The Labute approximate surface area is 116 Å². The molecule has 1 heterocycles. The quantitative estimate of drug-likeness (QED) is 0.853. The van der Waals surface area contributed by atoms with Crippen LogP contribution in [0.5, 0.6) is 0 Å². The third-order valence-electron chi connectivity index (χ3n) is 3.67. The molecule has 0 spiro atoms. The topological polar surface area (TPSA) is 55.6 Å². The molecule has 6 heteroatoms. The van der Waals surface area contributed by atoms with E-state index in [-0.39, 0.29) is 0 Å². The molecule has 2 N–H and O–H groups in total. The van der Waals surface area contributed by atoms with Gasteiger partial charge in [0, 0.05) is 25.7 Å². The summed E-state index contributed by atoms with van der Waals surface area (Å²) in [4.78, 5) is 13.6. The van der Waals surface area contributed by atoms with E-state index in [2.05, 4.69) is 0 Å². The van der Waals surface area contributed by atoms with Gasteiger partial charge in [-0.15, -0.1) is 0 Å². The van der Waals surface area contributed by atoms with Crippen molar-refractivity contribution >= 4 is 5.97 Å². The fourth-order valence-electron chi connectivity index (χ4n) is 2.48. The number of nitrogens with zero attached hydrogens (tertiary/aromatic N) is 1. The first-order valence-electron chi connectivity index (χ1n) is 6.47. The Bertz CT molecular complexity index is 480. The predicted molar refractivity (Wildman–Crippen MR) is 69.8 cm³/mol. The number of rotatable bonds is 3. The Morgan fingerprint density at radius 2 is 1.85 bits per heavy atom. The maximum Gasteiger partial charge on any atom is 0.325 e. The van der Waals surface area contributed by atoms with Crippen LogP contribution in [0.2, 0.25) is 0 Å². The molecule has 0 unspecified atom stereocenters. The second-order valence-electron chi connectivity index (χ2n) is 5.20. The fraction of sp³-hybridized carbons (Fsp3) is 0.500. The van der Waals surface area contributed by atoms with Crippen molar-refractivity contribution in [3.8, 4) is 0 Å². The molecule has 20 heavy (non-hydrogen) atoms. The Morgan fingerprint density at radius 3 is 2.35 bits per heavy atom. The second-order valence-corrected chi connectivity index (χ2v) is 5.20. The lowest BCUT2D eigenvalue weighted by Crippen LogP contribution is -2.55. The van der Waals surface area contributed by atoms with E-state index in [0.29, 0.717) is 38.0 Å². The van der Waals surface area contributed by atoms with Gasteiger partial charge in [0.1, 0.15) is 17.2 Å². The minimum absolute atomic E-state index is 0.408. The number of benzene rings is 1. The van der Waals surface area contributed by atoms with Crippen LogP contribution in [-0.4, -0.2) is 36.6 Å². The first-order chi connectivity index (χ1) is 9.43. The summed E-state index contributed by atoms with van der Waals surface area (Å²) in [6, 6.07) is 3.48. The fourth-order valence-corrected chi connectivity index (χ4v) is 2.48. The maximum atomic E-state index is 13.1. The molecule has 110 valence electrons. The molecule has 0 amide bonds. The number of esters is 1. The van der Waals surface area contributed by atoms with Gasteiger partial charge in [0.25, 0.3) is 0 Å². The lowest BCUT2D eigenvalue weighted by atomic mass is 9.88. The first-order valence-corrected chi connectivity index (χ1v) is 6.47. The van der Waals surface area contributed by atoms with E-state index in [1.54, 1.807) is 0 Å². The summed E-state index contributed by atoms with van der Waals surface area (Å²) in [6.07, 6.45) is 0.939. The Morgan fingerprint density at radius 1 is 1.30 bits per heavy atom. The average Bonchev–Trinajstić information content (AvgIpc) is 2.39. The number of hydrogen-bond donors (Lipinski definition) is 1.